The van der Waals surface area contributed by atoms with Crippen molar-refractivity contribution in [2.75, 3.05) is 12.3 Å². The molecular formula is C21H24N4O4S. The Morgan fingerprint density at radius 2 is 1.40 bits per heavy atom. The van der Waals surface area contributed by atoms with Crippen LogP contribution in [-0.2, 0) is 24.1 Å². The first-order valence-corrected chi connectivity index (χ1v) is 10.9. The summed E-state index contributed by atoms with van der Waals surface area (Å²) in [6.45, 7) is 0.0855. The van der Waals surface area contributed by atoms with Crippen LogP contribution in [0.15, 0.2) is 75.1 Å². The number of aromatic nitrogens is 2. The molecule has 3 rings (SSSR count). The third-order valence-corrected chi connectivity index (χ3v) is 6.57. The van der Waals surface area contributed by atoms with E-state index in [1.807, 2.05) is 60.7 Å². The Morgan fingerprint density at radius 1 is 0.900 bits per heavy atom. The third-order valence-electron chi connectivity index (χ3n) is 5.06. The Morgan fingerprint density at radius 3 is 1.90 bits per heavy atom. The lowest BCUT2D eigenvalue weighted by Crippen LogP contribution is -2.43. The molecule has 0 saturated heterocycles. The van der Waals surface area contributed by atoms with Crippen LogP contribution >= 0.6 is 0 Å². The molecule has 0 atom stereocenters. The van der Waals surface area contributed by atoms with Gasteiger partial charge in [-0.25, -0.2) is 17.9 Å². The van der Waals surface area contributed by atoms with E-state index in [4.69, 9.17) is 5.73 Å². The molecule has 30 heavy (non-hydrogen) atoms. The molecule has 158 valence electrons. The predicted molar refractivity (Wildman–Crippen MR) is 116 cm³/mol. The van der Waals surface area contributed by atoms with Crippen LogP contribution in [0.3, 0.4) is 0 Å². The second-order valence-electron chi connectivity index (χ2n) is 6.98. The van der Waals surface area contributed by atoms with Gasteiger partial charge in [0.2, 0.25) is 10.0 Å². The lowest BCUT2D eigenvalue weighted by atomic mass is 9.89. The maximum absolute atomic E-state index is 12.8. The summed E-state index contributed by atoms with van der Waals surface area (Å²) in [6.07, 6.45) is 0.471. The SMILES string of the molecule is Cn1c(N)c(S(=O)(=O)NCCC(c2ccccc2)c2ccccc2)c(=O)n(C)c1=O. The van der Waals surface area contributed by atoms with Crippen molar-refractivity contribution in [3.05, 3.63) is 92.6 Å². The van der Waals surface area contributed by atoms with Gasteiger partial charge in [-0.15, -0.1) is 0 Å². The molecule has 1 heterocycles. The average molecular weight is 429 g/mol. The lowest BCUT2D eigenvalue weighted by Gasteiger charge is -2.19. The van der Waals surface area contributed by atoms with Gasteiger partial charge in [0.1, 0.15) is 5.82 Å². The standard InChI is InChI=1S/C21H24N4O4S/c1-24-19(22)18(20(26)25(2)21(24)27)30(28,29)23-14-13-17(15-9-5-3-6-10-15)16-11-7-4-8-12-16/h3-12,17,23H,13-14,22H2,1-2H3. The van der Waals surface area contributed by atoms with Crippen molar-refractivity contribution in [1.29, 1.82) is 0 Å². The van der Waals surface area contributed by atoms with Gasteiger partial charge in [0, 0.05) is 26.6 Å². The normalized spacial score (nSPS) is 11.7. The molecule has 0 radical (unpaired) electrons. The van der Waals surface area contributed by atoms with Crippen LogP contribution in [0.25, 0.3) is 0 Å². The van der Waals surface area contributed by atoms with Crippen LogP contribution in [0.1, 0.15) is 23.5 Å². The van der Waals surface area contributed by atoms with Crippen molar-refractivity contribution in [3.63, 3.8) is 0 Å². The minimum Gasteiger partial charge on any atom is -0.384 e. The van der Waals surface area contributed by atoms with Crippen LogP contribution in [0.4, 0.5) is 5.82 Å². The van der Waals surface area contributed by atoms with Gasteiger partial charge >= 0.3 is 5.69 Å². The minimum atomic E-state index is -4.21. The van der Waals surface area contributed by atoms with Gasteiger partial charge in [0.25, 0.3) is 5.56 Å². The summed E-state index contributed by atoms with van der Waals surface area (Å²) in [5, 5.41) is 0. The number of nitrogen functional groups attached to an aromatic ring is 1. The van der Waals surface area contributed by atoms with Gasteiger partial charge in [0.05, 0.1) is 0 Å². The van der Waals surface area contributed by atoms with E-state index in [9.17, 15) is 18.0 Å². The summed E-state index contributed by atoms with van der Waals surface area (Å²) < 4.78 is 29.8. The molecule has 0 aliphatic carbocycles. The van der Waals surface area contributed by atoms with Crippen LogP contribution in [0.2, 0.25) is 0 Å². The number of nitrogens with two attached hydrogens (primary N) is 1. The maximum Gasteiger partial charge on any atom is 0.332 e. The van der Waals surface area contributed by atoms with Crippen molar-refractivity contribution in [1.82, 2.24) is 13.9 Å². The number of nitrogens with one attached hydrogen (secondary N) is 1. The number of nitrogens with zero attached hydrogens (tertiary/aromatic N) is 2. The molecule has 0 spiro atoms. The highest BCUT2D eigenvalue weighted by Crippen LogP contribution is 2.27. The lowest BCUT2D eigenvalue weighted by molar-refractivity contribution is 0.567. The van der Waals surface area contributed by atoms with Crippen molar-refractivity contribution in [2.45, 2.75) is 17.2 Å². The molecule has 0 saturated carbocycles. The van der Waals surface area contributed by atoms with Crippen molar-refractivity contribution in [3.8, 4) is 0 Å². The first-order chi connectivity index (χ1) is 14.2. The van der Waals surface area contributed by atoms with E-state index in [1.54, 1.807) is 0 Å². The second-order valence-corrected chi connectivity index (χ2v) is 8.68. The molecule has 0 fully saturated rings. The van der Waals surface area contributed by atoms with Gasteiger partial charge in [0.15, 0.2) is 4.90 Å². The quantitative estimate of drug-likeness (QED) is 0.586. The van der Waals surface area contributed by atoms with E-state index < -0.39 is 32.0 Å². The van der Waals surface area contributed by atoms with Crippen molar-refractivity contribution >= 4 is 15.8 Å². The average Bonchev–Trinajstić information content (AvgIpc) is 2.75. The van der Waals surface area contributed by atoms with E-state index >= 15 is 0 Å². The highest BCUT2D eigenvalue weighted by Gasteiger charge is 2.26. The number of hydrogen-bond acceptors (Lipinski definition) is 5. The maximum atomic E-state index is 12.8. The van der Waals surface area contributed by atoms with Crippen LogP contribution in [-0.4, -0.2) is 24.1 Å². The fraction of sp³-hybridized carbons (Fsp3) is 0.238. The zero-order chi connectivity index (χ0) is 21.9. The van der Waals surface area contributed by atoms with E-state index in [1.165, 1.54) is 14.1 Å². The smallest absolute Gasteiger partial charge is 0.332 e. The van der Waals surface area contributed by atoms with E-state index in [0.717, 1.165) is 20.3 Å². The Bertz CT molecular complexity index is 1210. The first kappa shape index (κ1) is 21.5. The number of benzene rings is 2. The Hall–Kier alpha value is -3.17. The molecule has 1 aromatic heterocycles. The van der Waals surface area contributed by atoms with E-state index in [-0.39, 0.29) is 12.5 Å². The van der Waals surface area contributed by atoms with Crippen molar-refractivity contribution in [2.24, 2.45) is 14.1 Å². The topological polar surface area (TPSA) is 116 Å². The number of hydrogen-bond donors (Lipinski definition) is 2. The molecule has 0 unspecified atom stereocenters. The summed E-state index contributed by atoms with van der Waals surface area (Å²) in [4.78, 5) is 23.7. The first-order valence-electron chi connectivity index (χ1n) is 9.39. The molecule has 0 amide bonds. The predicted octanol–water partition coefficient (Wildman–Crippen LogP) is 1.17. The van der Waals surface area contributed by atoms with E-state index in [2.05, 4.69) is 4.72 Å². The molecule has 0 aliphatic rings. The zero-order valence-corrected chi connectivity index (χ0v) is 17.6. The van der Waals surface area contributed by atoms with Gasteiger partial charge < -0.3 is 5.73 Å². The van der Waals surface area contributed by atoms with E-state index in [0.29, 0.717) is 6.42 Å². The van der Waals surface area contributed by atoms with Gasteiger partial charge in [-0.3, -0.25) is 13.9 Å². The summed E-state index contributed by atoms with van der Waals surface area (Å²) in [6, 6.07) is 19.6. The largest absolute Gasteiger partial charge is 0.384 e. The molecule has 3 N–H and O–H groups in total. The molecular weight excluding hydrogens is 404 g/mol. The fourth-order valence-corrected chi connectivity index (χ4v) is 4.70. The Labute approximate surface area is 174 Å². The van der Waals surface area contributed by atoms with Crippen LogP contribution < -0.4 is 21.7 Å². The highest BCUT2D eigenvalue weighted by molar-refractivity contribution is 7.89. The summed E-state index contributed by atoms with van der Waals surface area (Å²) in [5.74, 6) is -0.423. The summed E-state index contributed by atoms with van der Waals surface area (Å²) in [7, 11) is -1.68. The monoisotopic (exact) mass is 428 g/mol. The Kier molecular flexibility index (Phi) is 6.23. The molecule has 0 aliphatic heterocycles. The highest BCUT2D eigenvalue weighted by atomic mass is 32.2. The zero-order valence-electron chi connectivity index (χ0n) is 16.8. The number of rotatable bonds is 7. The summed E-state index contributed by atoms with van der Waals surface area (Å²) >= 11 is 0. The van der Waals surface area contributed by atoms with Crippen LogP contribution in [0.5, 0.6) is 0 Å². The molecule has 3 aromatic rings. The molecule has 0 bridgehead atoms. The molecule has 9 heteroatoms. The van der Waals surface area contributed by atoms with Gasteiger partial charge in [-0.05, 0) is 17.5 Å². The van der Waals surface area contributed by atoms with Crippen molar-refractivity contribution < 1.29 is 8.42 Å². The second kappa shape index (κ2) is 8.68. The third kappa shape index (κ3) is 4.22. The number of anilines is 1. The van der Waals surface area contributed by atoms with Gasteiger partial charge in [-0.2, -0.15) is 0 Å². The summed E-state index contributed by atoms with van der Waals surface area (Å²) in [5.41, 5.74) is 6.25. The minimum absolute atomic E-state index is 0.0320. The van der Waals surface area contributed by atoms with Gasteiger partial charge in [-0.1, -0.05) is 60.7 Å². The van der Waals surface area contributed by atoms with Crippen LogP contribution in [0, 0.1) is 0 Å². The molecule has 2 aromatic carbocycles. The number of sulfonamides is 1. The fourth-order valence-electron chi connectivity index (χ4n) is 3.39. The Balaban J connectivity index is 1.87. The molecule has 8 nitrogen and oxygen atoms in total.